The van der Waals surface area contributed by atoms with Gasteiger partial charge in [-0.05, 0) is 71.8 Å². The molecule has 0 amide bonds. The highest BCUT2D eigenvalue weighted by Gasteiger charge is 1.98. The zero-order valence-corrected chi connectivity index (χ0v) is 19.1. The second-order valence-electron chi connectivity index (χ2n) is 7.96. The Hall–Kier alpha value is -2.39. The van der Waals surface area contributed by atoms with E-state index in [4.69, 9.17) is 9.84 Å². The minimum absolute atomic E-state index is 0.425. The Kier molecular flexibility index (Phi) is 13.2. The smallest absolute Gasteiger partial charge is 0.330 e. The molecule has 1 aromatic rings. The summed E-state index contributed by atoms with van der Waals surface area (Å²) in [5, 5.41) is 8.85. The van der Waals surface area contributed by atoms with E-state index >= 15 is 0 Å². The highest BCUT2D eigenvalue weighted by atomic mass is 16.5. The van der Waals surface area contributed by atoms with Gasteiger partial charge in [-0.25, -0.2) is 4.79 Å². The van der Waals surface area contributed by atoms with Crippen molar-refractivity contribution < 1.29 is 14.6 Å². The van der Waals surface area contributed by atoms with Gasteiger partial charge < -0.3 is 9.84 Å². The molecule has 0 saturated carbocycles. The third-order valence-electron chi connectivity index (χ3n) is 5.05. The van der Waals surface area contributed by atoms with E-state index in [0.717, 1.165) is 38.5 Å². The number of allylic oxidation sites excluding steroid dienone is 6. The maximum Gasteiger partial charge on any atom is 0.330 e. The van der Waals surface area contributed by atoms with Crippen LogP contribution in [0.4, 0.5) is 0 Å². The zero-order chi connectivity index (χ0) is 22.2. The van der Waals surface area contributed by atoms with E-state index in [0.29, 0.717) is 18.8 Å². The molecule has 0 spiro atoms. The van der Waals surface area contributed by atoms with E-state index in [2.05, 4.69) is 51.1 Å². The zero-order valence-electron chi connectivity index (χ0n) is 19.1. The summed E-state index contributed by atoms with van der Waals surface area (Å²) < 4.78 is 5.72. The first-order valence-corrected chi connectivity index (χ1v) is 10.9. The van der Waals surface area contributed by atoms with Gasteiger partial charge in [0.1, 0.15) is 0 Å². The molecule has 0 aliphatic rings. The van der Waals surface area contributed by atoms with Gasteiger partial charge in [0, 0.05) is 5.57 Å². The van der Waals surface area contributed by atoms with E-state index in [1.165, 1.54) is 22.3 Å². The van der Waals surface area contributed by atoms with Crippen LogP contribution in [0.1, 0.15) is 71.8 Å². The van der Waals surface area contributed by atoms with Gasteiger partial charge in [-0.3, -0.25) is 0 Å². The molecule has 0 unspecified atom stereocenters. The fourth-order valence-corrected chi connectivity index (χ4v) is 2.95. The van der Waals surface area contributed by atoms with Crippen LogP contribution in [0.15, 0.2) is 76.9 Å². The summed E-state index contributed by atoms with van der Waals surface area (Å²) in [5.74, 6) is -0.831. The molecule has 0 radical (unpaired) electrons. The van der Waals surface area contributed by atoms with Gasteiger partial charge in [0.2, 0.25) is 0 Å². The first kappa shape index (κ1) is 25.6. The van der Waals surface area contributed by atoms with Crippen molar-refractivity contribution in [2.24, 2.45) is 0 Å². The van der Waals surface area contributed by atoms with Gasteiger partial charge in [0.25, 0.3) is 0 Å². The van der Waals surface area contributed by atoms with E-state index in [9.17, 15) is 4.79 Å². The lowest BCUT2D eigenvalue weighted by Gasteiger charge is -2.04. The maximum atomic E-state index is 10.8. The second-order valence-corrected chi connectivity index (χ2v) is 7.96. The molecule has 0 aliphatic carbocycles. The Bertz CT molecular complexity index is 752. The van der Waals surface area contributed by atoms with Gasteiger partial charge in [-0.2, -0.15) is 0 Å². The molecule has 30 heavy (non-hydrogen) atoms. The van der Waals surface area contributed by atoms with Crippen molar-refractivity contribution in [3.63, 3.8) is 0 Å². The Balaban J connectivity index is 2.20. The highest BCUT2D eigenvalue weighted by Crippen LogP contribution is 2.13. The minimum Gasteiger partial charge on any atom is -0.478 e. The van der Waals surface area contributed by atoms with Crippen LogP contribution in [0.5, 0.6) is 0 Å². The molecule has 0 heterocycles. The quantitative estimate of drug-likeness (QED) is 0.197. The van der Waals surface area contributed by atoms with Crippen LogP contribution in [-0.4, -0.2) is 17.7 Å². The fourth-order valence-electron chi connectivity index (χ4n) is 2.95. The number of carbonyl (C=O) groups is 1. The Morgan fingerprint density at radius 2 is 1.30 bits per heavy atom. The van der Waals surface area contributed by atoms with Crippen molar-refractivity contribution in [1.29, 1.82) is 0 Å². The topological polar surface area (TPSA) is 46.5 Å². The number of ether oxygens (including phenoxy) is 1. The van der Waals surface area contributed by atoms with Crippen molar-refractivity contribution in [3.05, 3.63) is 82.5 Å². The average molecular weight is 411 g/mol. The molecular formula is C27H38O3. The van der Waals surface area contributed by atoms with E-state index in [1.54, 1.807) is 13.0 Å². The lowest BCUT2D eigenvalue weighted by molar-refractivity contribution is -0.132. The molecule has 1 rings (SSSR count). The highest BCUT2D eigenvalue weighted by molar-refractivity contribution is 5.85. The maximum absolute atomic E-state index is 10.8. The Labute approximate surface area is 182 Å². The Morgan fingerprint density at radius 3 is 1.83 bits per heavy atom. The molecule has 0 bridgehead atoms. The minimum atomic E-state index is -0.831. The predicted octanol–water partition coefficient (Wildman–Crippen LogP) is 7.41. The normalized spacial score (nSPS) is 13.6. The van der Waals surface area contributed by atoms with Crippen molar-refractivity contribution in [2.75, 3.05) is 6.61 Å². The molecule has 1 N–H and O–H groups in total. The number of benzene rings is 1. The molecule has 3 nitrogen and oxygen atoms in total. The largest absolute Gasteiger partial charge is 0.478 e. The molecule has 0 aliphatic heterocycles. The number of rotatable bonds is 14. The number of aliphatic carboxylic acids is 1. The van der Waals surface area contributed by atoms with Crippen LogP contribution < -0.4 is 0 Å². The Morgan fingerprint density at radius 1 is 0.800 bits per heavy atom. The van der Waals surface area contributed by atoms with Crippen LogP contribution in [0.2, 0.25) is 0 Å². The van der Waals surface area contributed by atoms with Crippen LogP contribution >= 0.6 is 0 Å². The first-order chi connectivity index (χ1) is 14.4. The number of hydrogen-bond donors (Lipinski definition) is 1. The van der Waals surface area contributed by atoms with Crippen LogP contribution in [-0.2, 0) is 16.1 Å². The van der Waals surface area contributed by atoms with Crippen molar-refractivity contribution in [3.8, 4) is 0 Å². The lowest BCUT2D eigenvalue weighted by Crippen LogP contribution is -1.95. The molecule has 0 aromatic heterocycles. The summed E-state index contributed by atoms with van der Waals surface area (Å²) >= 11 is 0. The molecule has 0 saturated heterocycles. The number of carboxylic acids is 1. The van der Waals surface area contributed by atoms with E-state index < -0.39 is 5.97 Å². The van der Waals surface area contributed by atoms with Gasteiger partial charge in [0.15, 0.2) is 0 Å². The molecule has 1 aromatic carbocycles. The van der Waals surface area contributed by atoms with Gasteiger partial charge in [-0.1, -0.05) is 71.4 Å². The summed E-state index contributed by atoms with van der Waals surface area (Å²) in [6.45, 7) is 9.45. The number of hydrogen-bond acceptors (Lipinski definition) is 2. The first-order valence-electron chi connectivity index (χ1n) is 10.9. The molecule has 0 atom stereocenters. The van der Waals surface area contributed by atoms with Crippen LogP contribution in [0, 0.1) is 0 Å². The summed E-state index contributed by atoms with van der Waals surface area (Å²) in [4.78, 5) is 10.8. The molecular weight excluding hydrogens is 372 g/mol. The SMILES string of the molecule is C/C(=C\CC/C(C)=C/COCc1ccccc1)CC/C=C(\C)CC/C=C(\C)C(=O)O. The van der Waals surface area contributed by atoms with E-state index in [1.807, 2.05) is 18.2 Å². The van der Waals surface area contributed by atoms with Crippen LogP contribution in [0.25, 0.3) is 0 Å². The van der Waals surface area contributed by atoms with Gasteiger partial charge in [-0.15, -0.1) is 0 Å². The predicted molar refractivity (Wildman–Crippen MR) is 126 cm³/mol. The monoisotopic (exact) mass is 410 g/mol. The van der Waals surface area contributed by atoms with Crippen molar-refractivity contribution in [2.45, 2.75) is 72.8 Å². The third-order valence-corrected chi connectivity index (χ3v) is 5.05. The summed E-state index contributed by atoms with van der Waals surface area (Å²) in [5.41, 5.74) is 5.75. The van der Waals surface area contributed by atoms with Crippen molar-refractivity contribution >= 4 is 5.97 Å². The number of carboxylic acid groups (broad SMARTS) is 1. The van der Waals surface area contributed by atoms with Gasteiger partial charge in [0.05, 0.1) is 13.2 Å². The van der Waals surface area contributed by atoms with E-state index in [-0.39, 0.29) is 0 Å². The standard InChI is InChI=1S/C27H38O3/c1-22(11-8-12-23(2)15-10-16-25(4)27(28)29)13-9-14-24(3)19-20-30-21-26-17-6-5-7-18-26/h5-7,12-13,16-19H,8-11,14-15,20-21H2,1-4H3,(H,28,29)/b22-13+,23-12+,24-19+,25-16+. The third kappa shape index (κ3) is 12.9. The second kappa shape index (κ2) is 15.4. The lowest BCUT2D eigenvalue weighted by atomic mass is 10.0. The molecule has 164 valence electrons. The van der Waals surface area contributed by atoms with Crippen LogP contribution in [0.3, 0.4) is 0 Å². The van der Waals surface area contributed by atoms with Crippen molar-refractivity contribution in [1.82, 2.24) is 0 Å². The average Bonchev–Trinajstić information content (AvgIpc) is 2.72. The molecule has 0 fully saturated rings. The summed E-state index contributed by atoms with van der Waals surface area (Å²) in [6, 6.07) is 10.2. The summed E-state index contributed by atoms with van der Waals surface area (Å²) in [7, 11) is 0. The van der Waals surface area contributed by atoms with Gasteiger partial charge >= 0.3 is 5.97 Å². The fraction of sp³-hybridized carbons (Fsp3) is 0.444. The summed E-state index contributed by atoms with van der Waals surface area (Å²) in [6.07, 6.45) is 14.5. The molecule has 3 heteroatoms.